The molecule has 2 N–H and O–H groups in total. The third kappa shape index (κ3) is 2.58. The van der Waals surface area contributed by atoms with Gasteiger partial charge in [0, 0.05) is 13.1 Å². The number of ether oxygens (including phenoxy) is 1. The van der Waals surface area contributed by atoms with E-state index in [1.54, 1.807) is 0 Å². The number of nitrogens with one attached hydrogen (secondary N) is 2. The number of carbonyl (C=O) groups is 1. The summed E-state index contributed by atoms with van der Waals surface area (Å²) in [5, 5.41) is 6.07. The Bertz CT molecular complexity index is 418. The molecule has 0 bridgehead atoms. The van der Waals surface area contributed by atoms with Gasteiger partial charge in [0.2, 0.25) is 5.91 Å². The topological polar surface area (TPSA) is 50.4 Å². The molecule has 0 spiro atoms. The first-order valence-electron chi connectivity index (χ1n) is 5.97. The summed E-state index contributed by atoms with van der Waals surface area (Å²) in [6.07, 6.45) is 0. The van der Waals surface area contributed by atoms with E-state index in [0.29, 0.717) is 13.2 Å². The van der Waals surface area contributed by atoms with E-state index in [1.165, 1.54) is 0 Å². The highest BCUT2D eigenvalue weighted by atomic mass is 16.5. The fraction of sp³-hybridized carbons (Fsp3) is 0.462. The summed E-state index contributed by atoms with van der Waals surface area (Å²) in [5.41, 5.74) is 2.05. The molecule has 0 aliphatic carbocycles. The van der Waals surface area contributed by atoms with Crippen LogP contribution < -0.4 is 15.4 Å². The molecule has 1 aromatic rings. The normalized spacial score (nSPS) is 19.9. The van der Waals surface area contributed by atoms with Crippen LogP contribution in [-0.4, -0.2) is 25.6 Å². The van der Waals surface area contributed by atoms with Crippen molar-refractivity contribution in [3.8, 4) is 5.75 Å². The fourth-order valence-corrected chi connectivity index (χ4v) is 2.04. The van der Waals surface area contributed by atoms with Crippen LogP contribution in [0.5, 0.6) is 5.75 Å². The third-order valence-electron chi connectivity index (χ3n) is 2.87. The minimum absolute atomic E-state index is 0.0415. The predicted octanol–water partition coefficient (Wildman–Crippen LogP) is 1.15. The maximum atomic E-state index is 11.7. The first-order chi connectivity index (χ1) is 8.22. The van der Waals surface area contributed by atoms with Crippen molar-refractivity contribution in [2.75, 3.05) is 19.7 Å². The lowest BCUT2D eigenvalue weighted by molar-refractivity contribution is -0.124. The van der Waals surface area contributed by atoms with Crippen LogP contribution >= 0.6 is 0 Å². The first-order valence-corrected chi connectivity index (χ1v) is 5.97. The van der Waals surface area contributed by atoms with Gasteiger partial charge in [0.05, 0.1) is 6.61 Å². The molecule has 0 radical (unpaired) electrons. The highest BCUT2D eigenvalue weighted by Crippen LogP contribution is 2.23. The molecule has 1 aliphatic heterocycles. The number of amides is 1. The second-order valence-electron chi connectivity index (χ2n) is 4.14. The van der Waals surface area contributed by atoms with Crippen molar-refractivity contribution < 1.29 is 9.53 Å². The van der Waals surface area contributed by atoms with Crippen LogP contribution in [0.3, 0.4) is 0 Å². The minimum atomic E-state index is -0.238. The molecule has 1 fully saturated rings. The maximum Gasteiger partial charge on any atom is 0.241 e. The molecule has 4 nitrogen and oxygen atoms in total. The van der Waals surface area contributed by atoms with Gasteiger partial charge >= 0.3 is 0 Å². The summed E-state index contributed by atoms with van der Waals surface area (Å²) >= 11 is 0. The quantitative estimate of drug-likeness (QED) is 0.825. The molecule has 1 aliphatic rings. The summed E-state index contributed by atoms with van der Waals surface area (Å²) in [5.74, 6) is 0.923. The smallest absolute Gasteiger partial charge is 0.241 e. The summed E-state index contributed by atoms with van der Waals surface area (Å²) in [7, 11) is 0. The standard InChI is InChI=1S/C13H18N2O2/c1-3-17-11-5-4-10(8-9(11)2)12-13(16)15-7-6-14-12/h4-5,8,12,14H,3,6-7H2,1-2H3,(H,15,16). The second-order valence-corrected chi connectivity index (χ2v) is 4.14. The summed E-state index contributed by atoms with van der Waals surface area (Å²) < 4.78 is 5.48. The number of aryl methyl sites for hydroxylation is 1. The molecule has 1 unspecified atom stereocenters. The lowest BCUT2D eigenvalue weighted by Gasteiger charge is -2.24. The molecule has 17 heavy (non-hydrogen) atoms. The van der Waals surface area contributed by atoms with E-state index >= 15 is 0 Å². The second kappa shape index (κ2) is 5.19. The highest BCUT2D eigenvalue weighted by Gasteiger charge is 2.23. The van der Waals surface area contributed by atoms with Crippen LogP contribution in [0.15, 0.2) is 18.2 Å². The highest BCUT2D eigenvalue weighted by molar-refractivity contribution is 5.84. The molecule has 1 saturated heterocycles. The molecule has 2 rings (SSSR count). The van der Waals surface area contributed by atoms with Crippen LogP contribution in [0.2, 0.25) is 0 Å². The van der Waals surface area contributed by atoms with E-state index in [2.05, 4.69) is 10.6 Å². The summed E-state index contributed by atoms with van der Waals surface area (Å²) in [4.78, 5) is 11.7. The molecule has 0 saturated carbocycles. The molecule has 4 heteroatoms. The van der Waals surface area contributed by atoms with Gasteiger partial charge in [0.25, 0.3) is 0 Å². The van der Waals surface area contributed by atoms with Gasteiger partial charge in [-0.05, 0) is 31.0 Å². The number of benzene rings is 1. The molecule has 1 atom stereocenters. The average molecular weight is 234 g/mol. The Morgan fingerprint density at radius 1 is 1.41 bits per heavy atom. The van der Waals surface area contributed by atoms with Crippen molar-refractivity contribution in [2.45, 2.75) is 19.9 Å². The zero-order valence-corrected chi connectivity index (χ0v) is 10.2. The van der Waals surface area contributed by atoms with E-state index in [9.17, 15) is 4.79 Å². The lowest BCUT2D eigenvalue weighted by Crippen LogP contribution is -2.47. The molecule has 1 heterocycles. The van der Waals surface area contributed by atoms with Crippen LogP contribution in [0.1, 0.15) is 24.1 Å². The van der Waals surface area contributed by atoms with Gasteiger partial charge in [-0.2, -0.15) is 0 Å². The van der Waals surface area contributed by atoms with Crippen LogP contribution in [0.25, 0.3) is 0 Å². The van der Waals surface area contributed by atoms with E-state index < -0.39 is 0 Å². The van der Waals surface area contributed by atoms with E-state index in [0.717, 1.165) is 23.4 Å². The Morgan fingerprint density at radius 3 is 2.88 bits per heavy atom. The van der Waals surface area contributed by atoms with Crippen LogP contribution in [0.4, 0.5) is 0 Å². The van der Waals surface area contributed by atoms with Crippen molar-refractivity contribution in [1.82, 2.24) is 10.6 Å². The monoisotopic (exact) mass is 234 g/mol. The Kier molecular flexibility index (Phi) is 3.64. The van der Waals surface area contributed by atoms with Gasteiger partial charge in [-0.1, -0.05) is 12.1 Å². The molecular formula is C13H18N2O2. The third-order valence-corrected chi connectivity index (χ3v) is 2.87. The van der Waals surface area contributed by atoms with Crippen molar-refractivity contribution >= 4 is 5.91 Å². The summed E-state index contributed by atoms with van der Waals surface area (Å²) in [6, 6.07) is 5.64. The Labute approximate surface area is 101 Å². The lowest BCUT2D eigenvalue weighted by atomic mass is 10.0. The number of rotatable bonds is 3. The maximum absolute atomic E-state index is 11.7. The Balaban J connectivity index is 2.21. The molecule has 92 valence electrons. The molecule has 0 aromatic heterocycles. The van der Waals surface area contributed by atoms with Crippen molar-refractivity contribution in [1.29, 1.82) is 0 Å². The number of hydrogen-bond acceptors (Lipinski definition) is 3. The van der Waals surface area contributed by atoms with Crippen LogP contribution in [-0.2, 0) is 4.79 Å². The van der Waals surface area contributed by atoms with Gasteiger partial charge in [-0.15, -0.1) is 0 Å². The Hall–Kier alpha value is -1.55. The van der Waals surface area contributed by atoms with Crippen molar-refractivity contribution in [3.05, 3.63) is 29.3 Å². The van der Waals surface area contributed by atoms with Gasteiger partial charge < -0.3 is 15.4 Å². The first kappa shape index (κ1) is 11.9. The summed E-state index contributed by atoms with van der Waals surface area (Å²) in [6.45, 7) is 6.12. The zero-order valence-electron chi connectivity index (χ0n) is 10.2. The van der Waals surface area contributed by atoms with Crippen molar-refractivity contribution in [3.63, 3.8) is 0 Å². The number of hydrogen-bond donors (Lipinski definition) is 2. The van der Waals surface area contributed by atoms with Gasteiger partial charge in [0.15, 0.2) is 0 Å². The van der Waals surface area contributed by atoms with Gasteiger partial charge in [-0.3, -0.25) is 4.79 Å². The van der Waals surface area contributed by atoms with E-state index in [-0.39, 0.29) is 11.9 Å². The van der Waals surface area contributed by atoms with E-state index in [4.69, 9.17) is 4.74 Å². The van der Waals surface area contributed by atoms with Gasteiger partial charge in [-0.25, -0.2) is 0 Å². The molecular weight excluding hydrogens is 216 g/mol. The predicted molar refractivity (Wildman–Crippen MR) is 66.1 cm³/mol. The fourth-order valence-electron chi connectivity index (χ4n) is 2.04. The minimum Gasteiger partial charge on any atom is -0.494 e. The van der Waals surface area contributed by atoms with Gasteiger partial charge in [0.1, 0.15) is 11.8 Å². The SMILES string of the molecule is CCOc1ccc(C2NCCNC2=O)cc1C. The van der Waals surface area contributed by atoms with Crippen LogP contribution in [0, 0.1) is 6.92 Å². The average Bonchev–Trinajstić information content (AvgIpc) is 2.33. The number of carbonyl (C=O) groups excluding carboxylic acids is 1. The zero-order chi connectivity index (χ0) is 12.3. The number of piperazine rings is 1. The molecule has 1 amide bonds. The largest absolute Gasteiger partial charge is 0.494 e. The molecule has 1 aromatic carbocycles. The van der Waals surface area contributed by atoms with Crippen molar-refractivity contribution in [2.24, 2.45) is 0 Å². The van der Waals surface area contributed by atoms with E-state index in [1.807, 2.05) is 32.0 Å². The Morgan fingerprint density at radius 2 is 2.24 bits per heavy atom.